The Hall–Kier alpha value is -6.39. The number of para-hydroxylation sites is 5. The predicted molar refractivity (Wildman–Crippen MR) is 199 cm³/mol. The first kappa shape index (κ1) is 29.3. The van der Waals surface area contributed by atoms with Crippen LogP contribution in [0.4, 0.5) is 39.8 Å². The molecule has 0 atom stereocenters. The molecule has 0 amide bonds. The lowest BCUT2D eigenvalue weighted by molar-refractivity contribution is 1.09. The molecule has 0 saturated carbocycles. The van der Waals surface area contributed by atoms with Crippen molar-refractivity contribution in [2.75, 3.05) is 15.2 Å². The summed E-state index contributed by atoms with van der Waals surface area (Å²) in [6.45, 7) is 0. The minimum atomic E-state index is 1.01. The lowest BCUT2D eigenvalue weighted by Crippen LogP contribution is -2.09. The topological polar surface area (TPSA) is 30.9 Å². The molecule has 0 saturated heterocycles. The molecular formula is C43H34N4. The largest absolute Gasteiger partial charge is 0.355 e. The minimum absolute atomic E-state index is 1.01. The Morgan fingerprint density at radius 1 is 0.404 bits per heavy atom. The summed E-state index contributed by atoms with van der Waals surface area (Å²) in [5.41, 5.74) is 10.7. The Balaban J connectivity index is 1.10. The first-order valence-corrected chi connectivity index (χ1v) is 15.7. The number of hydrogen-bond donors (Lipinski definition) is 1. The molecule has 226 valence electrons. The molecule has 0 fully saturated rings. The maximum Gasteiger partial charge on any atom is 0.0652 e. The molecule has 0 aliphatic heterocycles. The third-order valence-electron chi connectivity index (χ3n) is 7.91. The van der Waals surface area contributed by atoms with E-state index in [4.69, 9.17) is 5.10 Å². The van der Waals surface area contributed by atoms with Gasteiger partial charge in [0.15, 0.2) is 0 Å². The van der Waals surface area contributed by atoms with Gasteiger partial charge in [0.2, 0.25) is 0 Å². The van der Waals surface area contributed by atoms with Crippen molar-refractivity contribution in [2.45, 2.75) is 0 Å². The van der Waals surface area contributed by atoms with Gasteiger partial charge in [-0.3, -0.25) is 0 Å². The van der Waals surface area contributed by atoms with Crippen LogP contribution in [0.15, 0.2) is 199 Å². The Morgan fingerprint density at radius 3 is 1.38 bits per heavy atom. The average molecular weight is 607 g/mol. The molecule has 0 radical (unpaired) electrons. The number of nitrogens with zero attached hydrogens (tertiary/aromatic N) is 3. The maximum atomic E-state index is 4.84. The van der Waals surface area contributed by atoms with E-state index >= 15 is 0 Å². The smallest absolute Gasteiger partial charge is 0.0652 e. The van der Waals surface area contributed by atoms with E-state index in [1.54, 1.807) is 0 Å². The van der Waals surface area contributed by atoms with Gasteiger partial charge in [0.1, 0.15) is 0 Å². The van der Waals surface area contributed by atoms with E-state index in [1.807, 2.05) is 59.8 Å². The molecule has 47 heavy (non-hydrogen) atoms. The zero-order valence-corrected chi connectivity index (χ0v) is 25.9. The van der Waals surface area contributed by atoms with Gasteiger partial charge >= 0.3 is 0 Å². The SMILES string of the molecule is C(=N\N(c1ccccc1)c1ccccc1)/c1ccc(Nc2ccccc2-c2ccc(N(c3ccccc3)c3ccccc3)cc2)cc1. The first-order valence-electron chi connectivity index (χ1n) is 15.7. The van der Waals surface area contributed by atoms with Gasteiger partial charge in [0.25, 0.3) is 0 Å². The monoisotopic (exact) mass is 606 g/mol. The van der Waals surface area contributed by atoms with Gasteiger partial charge in [-0.25, -0.2) is 5.01 Å². The predicted octanol–water partition coefficient (Wildman–Crippen LogP) is 11.7. The highest BCUT2D eigenvalue weighted by Crippen LogP contribution is 2.37. The summed E-state index contributed by atoms with van der Waals surface area (Å²) >= 11 is 0. The Labute approximate surface area is 276 Å². The highest BCUT2D eigenvalue weighted by atomic mass is 15.5. The van der Waals surface area contributed by atoms with E-state index in [0.29, 0.717) is 0 Å². The van der Waals surface area contributed by atoms with Gasteiger partial charge in [-0.1, -0.05) is 115 Å². The van der Waals surface area contributed by atoms with Crippen LogP contribution in [-0.4, -0.2) is 6.21 Å². The summed E-state index contributed by atoms with van der Waals surface area (Å²) in [7, 11) is 0. The highest BCUT2D eigenvalue weighted by Gasteiger charge is 2.13. The van der Waals surface area contributed by atoms with Crippen molar-refractivity contribution >= 4 is 46.0 Å². The molecule has 0 aliphatic carbocycles. The summed E-state index contributed by atoms with van der Waals surface area (Å²) in [5.74, 6) is 0. The second-order valence-electron chi connectivity index (χ2n) is 11.1. The molecule has 0 unspecified atom stereocenters. The number of hydrazone groups is 1. The Kier molecular flexibility index (Phi) is 8.83. The van der Waals surface area contributed by atoms with Gasteiger partial charge in [0.05, 0.1) is 17.6 Å². The fourth-order valence-corrected chi connectivity index (χ4v) is 5.59. The number of benzene rings is 7. The van der Waals surface area contributed by atoms with Crippen LogP contribution in [0.5, 0.6) is 0 Å². The number of rotatable bonds is 10. The van der Waals surface area contributed by atoms with E-state index in [-0.39, 0.29) is 0 Å². The van der Waals surface area contributed by atoms with Crippen molar-refractivity contribution in [1.29, 1.82) is 0 Å². The zero-order valence-electron chi connectivity index (χ0n) is 25.9. The Morgan fingerprint density at radius 2 is 0.851 bits per heavy atom. The van der Waals surface area contributed by atoms with Crippen LogP contribution in [0.2, 0.25) is 0 Å². The van der Waals surface area contributed by atoms with Crippen LogP contribution < -0.4 is 15.2 Å². The van der Waals surface area contributed by atoms with Crippen LogP contribution in [-0.2, 0) is 0 Å². The lowest BCUT2D eigenvalue weighted by Gasteiger charge is -2.25. The second kappa shape index (κ2) is 14.1. The fraction of sp³-hybridized carbons (Fsp3) is 0. The second-order valence-corrected chi connectivity index (χ2v) is 11.1. The van der Waals surface area contributed by atoms with Crippen LogP contribution in [0.25, 0.3) is 11.1 Å². The summed E-state index contributed by atoms with van der Waals surface area (Å²) in [4.78, 5) is 2.28. The zero-order chi connectivity index (χ0) is 31.7. The molecule has 0 aromatic heterocycles. The number of hydrogen-bond acceptors (Lipinski definition) is 4. The van der Waals surface area contributed by atoms with E-state index < -0.39 is 0 Å². The molecule has 4 heteroatoms. The summed E-state index contributed by atoms with van der Waals surface area (Å²) in [6, 6.07) is 66.9. The Bertz CT molecular complexity index is 1950. The van der Waals surface area contributed by atoms with Gasteiger partial charge in [-0.2, -0.15) is 5.10 Å². The van der Waals surface area contributed by atoms with Gasteiger partial charge < -0.3 is 10.2 Å². The molecule has 0 heterocycles. The first-order chi connectivity index (χ1) is 23.3. The van der Waals surface area contributed by atoms with Crippen molar-refractivity contribution in [3.8, 4) is 11.1 Å². The van der Waals surface area contributed by atoms with E-state index in [9.17, 15) is 0 Å². The maximum absolute atomic E-state index is 4.84. The van der Waals surface area contributed by atoms with Gasteiger partial charge in [-0.05, 0) is 90.0 Å². The van der Waals surface area contributed by atoms with Crippen LogP contribution in [0.1, 0.15) is 5.56 Å². The van der Waals surface area contributed by atoms with Crippen LogP contribution >= 0.6 is 0 Å². The van der Waals surface area contributed by atoms with E-state index in [0.717, 1.165) is 56.5 Å². The molecule has 1 N–H and O–H groups in total. The quantitative estimate of drug-likeness (QED) is 0.124. The number of nitrogens with one attached hydrogen (secondary N) is 1. The lowest BCUT2D eigenvalue weighted by atomic mass is 10.0. The van der Waals surface area contributed by atoms with Gasteiger partial charge in [0, 0.05) is 34.0 Å². The standard InChI is InChI=1S/C43H34N4/c1-5-15-37(16-6-1)46(38-17-7-2-8-18-38)39-31-27-35(28-32-39)42-23-13-14-24-43(42)45-36-29-25-34(26-30-36)33-44-47(40-19-9-3-10-20-40)41-21-11-4-12-22-41/h1-33,45H/b44-33+. The van der Waals surface area contributed by atoms with Crippen molar-refractivity contribution in [3.05, 3.63) is 200 Å². The molecular weight excluding hydrogens is 573 g/mol. The molecule has 0 spiro atoms. The van der Waals surface area contributed by atoms with E-state index in [1.165, 1.54) is 0 Å². The van der Waals surface area contributed by atoms with Crippen molar-refractivity contribution in [1.82, 2.24) is 0 Å². The number of anilines is 7. The molecule has 7 aromatic rings. The summed E-state index contributed by atoms with van der Waals surface area (Å²) in [6.07, 6.45) is 1.90. The molecule has 4 nitrogen and oxygen atoms in total. The van der Waals surface area contributed by atoms with Crippen molar-refractivity contribution in [2.24, 2.45) is 5.10 Å². The highest BCUT2D eigenvalue weighted by molar-refractivity contribution is 5.85. The third-order valence-corrected chi connectivity index (χ3v) is 7.91. The minimum Gasteiger partial charge on any atom is -0.355 e. The molecule has 7 aromatic carbocycles. The molecule has 0 bridgehead atoms. The third kappa shape index (κ3) is 6.98. The molecule has 7 rings (SSSR count). The fourth-order valence-electron chi connectivity index (χ4n) is 5.59. The van der Waals surface area contributed by atoms with Crippen LogP contribution in [0, 0.1) is 0 Å². The van der Waals surface area contributed by atoms with Crippen LogP contribution in [0.3, 0.4) is 0 Å². The molecule has 0 aliphatic rings. The average Bonchev–Trinajstić information content (AvgIpc) is 3.15. The summed E-state index contributed by atoms with van der Waals surface area (Å²) < 4.78 is 0. The normalized spacial score (nSPS) is 10.9. The van der Waals surface area contributed by atoms with E-state index in [2.05, 4.69) is 156 Å². The summed E-state index contributed by atoms with van der Waals surface area (Å²) in [5, 5.41) is 10.4. The van der Waals surface area contributed by atoms with Crippen molar-refractivity contribution in [3.63, 3.8) is 0 Å². The van der Waals surface area contributed by atoms with Crippen molar-refractivity contribution < 1.29 is 0 Å². The van der Waals surface area contributed by atoms with Gasteiger partial charge in [-0.15, -0.1) is 0 Å².